The molecule has 1 aromatic heterocycles. The van der Waals surface area contributed by atoms with E-state index in [1.165, 1.54) is 12.3 Å². The molecule has 2 aromatic rings. The van der Waals surface area contributed by atoms with Gasteiger partial charge in [0.2, 0.25) is 12.7 Å². The highest BCUT2D eigenvalue weighted by Crippen LogP contribution is 2.35. The Labute approximate surface area is 148 Å². The van der Waals surface area contributed by atoms with Crippen LogP contribution in [0.15, 0.2) is 40.4 Å². The number of carbonyl (C=O) groups excluding carboxylic acids is 1. The third-order valence-corrected chi connectivity index (χ3v) is 5.13. The molecule has 1 N–H and O–H groups in total. The molecule has 3 heterocycles. The van der Waals surface area contributed by atoms with E-state index in [1.54, 1.807) is 18.2 Å². The monoisotopic (exact) mass is 378 g/mol. The Morgan fingerprint density at radius 3 is 2.96 bits per heavy atom. The van der Waals surface area contributed by atoms with Crippen LogP contribution in [0.25, 0.3) is 0 Å². The van der Waals surface area contributed by atoms with E-state index < -0.39 is 21.8 Å². The maximum Gasteiger partial charge on any atom is 0.273 e. The fourth-order valence-electron chi connectivity index (χ4n) is 2.50. The predicted molar refractivity (Wildman–Crippen MR) is 87.6 cm³/mol. The standard InChI is InChI=1S/C16H14N2O7S/c19-16(17-10-3-4-26(20,21)8-10)12-6-23-15(18-12)7-22-11-1-2-13-14(5-11)25-9-24-13/h1-6,10H,7-9H2,(H,17,19)/t10-/m0/s1. The molecule has 10 heteroatoms. The third-order valence-electron chi connectivity index (χ3n) is 3.74. The minimum atomic E-state index is -3.24. The number of benzene rings is 1. The average Bonchev–Trinajstić information content (AvgIpc) is 3.32. The Balaban J connectivity index is 1.34. The molecule has 0 saturated heterocycles. The summed E-state index contributed by atoms with van der Waals surface area (Å²) < 4.78 is 43.9. The second-order valence-electron chi connectivity index (χ2n) is 5.67. The van der Waals surface area contributed by atoms with Crippen molar-refractivity contribution in [3.05, 3.63) is 47.5 Å². The van der Waals surface area contributed by atoms with Crippen LogP contribution in [0, 0.1) is 0 Å². The van der Waals surface area contributed by atoms with Crippen LogP contribution in [0.3, 0.4) is 0 Å². The van der Waals surface area contributed by atoms with Gasteiger partial charge in [0.15, 0.2) is 33.6 Å². The lowest BCUT2D eigenvalue weighted by atomic mass is 10.3. The zero-order chi connectivity index (χ0) is 18.1. The van der Waals surface area contributed by atoms with Crippen molar-refractivity contribution < 1.29 is 31.8 Å². The van der Waals surface area contributed by atoms with Gasteiger partial charge in [-0.15, -0.1) is 0 Å². The number of ether oxygens (including phenoxy) is 3. The highest BCUT2D eigenvalue weighted by Gasteiger charge is 2.24. The summed E-state index contributed by atoms with van der Waals surface area (Å²) in [7, 11) is -3.24. The number of nitrogens with zero attached hydrogens (tertiary/aromatic N) is 1. The first-order valence-electron chi connectivity index (χ1n) is 7.67. The van der Waals surface area contributed by atoms with E-state index in [4.69, 9.17) is 18.6 Å². The number of carbonyl (C=O) groups is 1. The summed E-state index contributed by atoms with van der Waals surface area (Å²) in [5, 5.41) is 3.66. The van der Waals surface area contributed by atoms with Crippen molar-refractivity contribution in [2.24, 2.45) is 0 Å². The second-order valence-corrected chi connectivity index (χ2v) is 7.60. The SMILES string of the molecule is O=C(N[C@H]1C=CS(=O)(=O)C1)c1coc(COc2ccc3c(c2)OCO3)n1. The van der Waals surface area contributed by atoms with E-state index in [1.807, 2.05) is 0 Å². The molecule has 26 heavy (non-hydrogen) atoms. The first kappa shape index (κ1) is 16.5. The number of oxazole rings is 1. The summed E-state index contributed by atoms with van der Waals surface area (Å²) in [6.07, 6.45) is 2.62. The molecule has 0 unspecified atom stereocenters. The van der Waals surface area contributed by atoms with Gasteiger partial charge in [-0.2, -0.15) is 0 Å². The highest BCUT2D eigenvalue weighted by atomic mass is 32.2. The molecule has 136 valence electrons. The van der Waals surface area contributed by atoms with Gasteiger partial charge in [-0.05, 0) is 18.2 Å². The number of amides is 1. The Morgan fingerprint density at radius 1 is 1.31 bits per heavy atom. The summed E-state index contributed by atoms with van der Waals surface area (Å²) in [6, 6.07) is 4.57. The molecular weight excluding hydrogens is 364 g/mol. The quantitative estimate of drug-likeness (QED) is 0.820. The maximum absolute atomic E-state index is 12.1. The van der Waals surface area contributed by atoms with Crippen LogP contribution < -0.4 is 19.5 Å². The van der Waals surface area contributed by atoms with Crippen LogP contribution in [0.2, 0.25) is 0 Å². The molecular formula is C16H14N2O7S. The number of rotatable bonds is 5. The van der Waals surface area contributed by atoms with E-state index >= 15 is 0 Å². The van der Waals surface area contributed by atoms with Gasteiger partial charge < -0.3 is 23.9 Å². The molecule has 0 radical (unpaired) electrons. The Morgan fingerprint density at radius 2 is 2.15 bits per heavy atom. The largest absolute Gasteiger partial charge is 0.484 e. The molecule has 0 bridgehead atoms. The Bertz CT molecular complexity index is 980. The molecule has 2 aliphatic heterocycles. The lowest BCUT2D eigenvalue weighted by molar-refractivity contribution is 0.0942. The summed E-state index contributed by atoms with van der Waals surface area (Å²) in [6.45, 7) is 0.194. The minimum absolute atomic E-state index is 0.0185. The number of hydrogen-bond donors (Lipinski definition) is 1. The van der Waals surface area contributed by atoms with Crippen molar-refractivity contribution in [3.63, 3.8) is 0 Å². The van der Waals surface area contributed by atoms with Crippen LogP contribution in [-0.2, 0) is 16.4 Å². The average molecular weight is 378 g/mol. The van der Waals surface area contributed by atoms with Crippen molar-refractivity contribution in [1.82, 2.24) is 10.3 Å². The zero-order valence-corrected chi connectivity index (χ0v) is 14.2. The van der Waals surface area contributed by atoms with E-state index in [0.717, 1.165) is 5.41 Å². The van der Waals surface area contributed by atoms with Crippen LogP contribution >= 0.6 is 0 Å². The summed E-state index contributed by atoms with van der Waals surface area (Å²) in [5.41, 5.74) is 0.0481. The van der Waals surface area contributed by atoms with Crippen LogP contribution in [0.4, 0.5) is 0 Å². The smallest absolute Gasteiger partial charge is 0.273 e. The molecule has 0 aliphatic carbocycles. The molecule has 9 nitrogen and oxygen atoms in total. The van der Waals surface area contributed by atoms with Crippen LogP contribution in [0.1, 0.15) is 16.4 Å². The molecule has 2 aliphatic rings. The van der Waals surface area contributed by atoms with Crippen LogP contribution in [0.5, 0.6) is 17.2 Å². The van der Waals surface area contributed by atoms with Gasteiger partial charge in [0.25, 0.3) is 5.91 Å². The first-order valence-corrected chi connectivity index (χ1v) is 9.39. The third kappa shape index (κ3) is 3.49. The van der Waals surface area contributed by atoms with Crippen molar-refractivity contribution >= 4 is 15.7 Å². The number of hydrogen-bond acceptors (Lipinski definition) is 8. The Kier molecular flexibility index (Phi) is 4.03. The summed E-state index contributed by atoms with van der Waals surface area (Å²) in [5.74, 6) is 1.32. The van der Waals surface area contributed by atoms with Gasteiger partial charge in [-0.25, -0.2) is 13.4 Å². The highest BCUT2D eigenvalue weighted by molar-refractivity contribution is 7.94. The van der Waals surface area contributed by atoms with E-state index in [2.05, 4.69) is 10.3 Å². The molecule has 4 rings (SSSR count). The normalized spacial score (nSPS) is 19.5. The van der Waals surface area contributed by atoms with Gasteiger partial charge in [0, 0.05) is 11.5 Å². The van der Waals surface area contributed by atoms with Crippen molar-refractivity contribution in [2.75, 3.05) is 12.5 Å². The van der Waals surface area contributed by atoms with E-state index in [0.29, 0.717) is 17.2 Å². The van der Waals surface area contributed by atoms with Gasteiger partial charge in [0.1, 0.15) is 12.0 Å². The van der Waals surface area contributed by atoms with Gasteiger partial charge in [0.05, 0.1) is 11.8 Å². The molecule has 0 fully saturated rings. The van der Waals surface area contributed by atoms with E-state index in [9.17, 15) is 13.2 Å². The van der Waals surface area contributed by atoms with E-state index in [-0.39, 0.29) is 30.7 Å². The lowest BCUT2D eigenvalue weighted by Gasteiger charge is -2.07. The topological polar surface area (TPSA) is 117 Å². The Hall–Kier alpha value is -3.01. The fourth-order valence-corrected chi connectivity index (χ4v) is 3.74. The number of fused-ring (bicyclic) bond motifs is 1. The van der Waals surface area contributed by atoms with Crippen molar-refractivity contribution in [2.45, 2.75) is 12.6 Å². The first-order chi connectivity index (χ1) is 12.5. The molecule has 0 saturated carbocycles. The van der Waals surface area contributed by atoms with Crippen LogP contribution in [-0.4, -0.2) is 37.9 Å². The lowest BCUT2D eigenvalue weighted by Crippen LogP contribution is -2.35. The van der Waals surface area contributed by atoms with Gasteiger partial charge in [-0.1, -0.05) is 0 Å². The molecule has 1 amide bonds. The summed E-state index contributed by atoms with van der Waals surface area (Å²) in [4.78, 5) is 16.1. The molecule has 0 spiro atoms. The molecule has 1 aromatic carbocycles. The second kappa shape index (κ2) is 6.37. The number of nitrogens with one attached hydrogen (secondary N) is 1. The van der Waals surface area contributed by atoms with Crippen molar-refractivity contribution in [1.29, 1.82) is 0 Å². The van der Waals surface area contributed by atoms with Gasteiger partial charge >= 0.3 is 0 Å². The number of sulfone groups is 1. The number of aromatic nitrogens is 1. The maximum atomic E-state index is 12.1. The minimum Gasteiger partial charge on any atom is -0.484 e. The fraction of sp³-hybridized carbons (Fsp3) is 0.250. The predicted octanol–water partition coefficient (Wildman–Crippen LogP) is 1.02. The van der Waals surface area contributed by atoms with Crippen molar-refractivity contribution in [3.8, 4) is 17.2 Å². The van der Waals surface area contributed by atoms with Gasteiger partial charge in [-0.3, -0.25) is 4.79 Å². The molecule has 1 atom stereocenters. The zero-order valence-electron chi connectivity index (χ0n) is 13.4. The summed E-state index contributed by atoms with van der Waals surface area (Å²) >= 11 is 0.